The van der Waals surface area contributed by atoms with E-state index in [0.29, 0.717) is 0 Å². The minimum Gasteiger partial charge on any atom is -0.320 e. The van der Waals surface area contributed by atoms with Crippen LogP contribution < -0.4 is 10.6 Å². The average molecular weight is 198 g/mol. The highest BCUT2D eigenvalue weighted by atomic mass is 15.0. The molecule has 0 radical (unpaired) electrons. The third-order valence-corrected chi connectivity index (χ3v) is 3.31. The molecule has 84 valence electrons. The lowest BCUT2D eigenvalue weighted by Crippen LogP contribution is -2.40. The molecule has 2 nitrogen and oxygen atoms in total. The van der Waals surface area contributed by atoms with Crippen molar-refractivity contribution in [3.05, 3.63) is 0 Å². The first kappa shape index (κ1) is 12.0. The van der Waals surface area contributed by atoms with E-state index >= 15 is 0 Å². The lowest BCUT2D eigenvalue weighted by molar-refractivity contribution is 0.322. The Kier molecular flexibility index (Phi) is 6.20. The van der Waals surface area contributed by atoms with Crippen molar-refractivity contribution in [2.24, 2.45) is 0 Å². The Labute approximate surface area is 88.8 Å². The predicted molar refractivity (Wildman–Crippen MR) is 62.6 cm³/mol. The normalized spacial score (nSPS) is 21.0. The van der Waals surface area contributed by atoms with Crippen molar-refractivity contribution < 1.29 is 0 Å². The molecule has 0 heterocycles. The highest BCUT2D eigenvalue weighted by Gasteiger charge is 2.16. The van der Waals surface area contributed by atoms with Crippen LogP contribution in [-0.2, 0) is 0 Å². The third kappa shape index (κ3) is 4.43. The summed E-state index contributed by atoms with van der Waals surface area (Å²) < 4.78 is 0. The van der Waals surface area contributed by atoms with Gasteiger partial charge in [-0.2, -0.15) is 0 Å². The predicted octanol–water partition coefficient (Wildman–Crippen LogP) is 2.30. The molecule has 14 heavy (non-hydrogen) atoms. The van der Waals surface area contributed by atoms with Gasteiger partial charge in [-0.15, -0.1) is 0 Å². The molecule has 1 unspecified atom stereocenters. The van der Waals surface area contributed by atoms with Gasteiger partial charge in [0.05, 0.1) is 0 Å². The summed E-state index contributed by atoms with van der Waals surface area (Å²) in [6, 6.07) is 1.54. The molecule has 0 saturated heterocycles. The molecule has 1 rings (SSSR count). The average Bonchev–Trinajstić information content (AvgIpc) is 2.25. The molecule has 0 aromatic carbocycles. The van der Waals surface area contributed by atoms with Crippen LogP contribution in [0.15, 0.2) is 0 Å². The number of rotatable bonds is 6. The highest BCUT2D eigenvalue weighted by molar-refractivity contribution is 4.77. The minimum atomic E-state index is 0.727. The van der Waals surface area contributed by atoms with Crippen molar-refractivity contribution in [2.45, 2.75) is 64.0 Å². The van der Waals surface area contributed by atoms with Gasteiger partial charge in [-0.05, 0) is 39.3 Å². The fraction of sp³-hybridized carbons (Fsp3) is 1.00. The second-order valence-electron chi connectivity index (χ2n) is 4.50. The number of hydrogen-bond donors (Lipinski definition) is 2. The highest BCUT2D eigenvalue weighted by Crippen LogP contribution is 2.18. The van der Waals surface area contributed by atoms with E-state index < -0.39 is 0 Å². The Morgan fingerprint density at radius 2 is 1.93 bits per heavy atom. The summed E-state index contributed by atoms with van der Waals surface area (Å²) in [5, 5.41) is 7.03. The van der Waals surface area contributed by atoms with Crippen molar-refractivity contribution in [3.63, 3.8) is 0 Å². The SMILES string of the molecule is CCC(CCNC)NC1CCCCC1. The summed E-state index contributed by atoms with van der Waals surface area (Å²) in [6.45, 7) is 3.42. The van der Waals surface area contributed by atoms with Crippen molar-refractivity contribution in [1.82, 2.24) is 10.6 Å². The maximum Gasteiger partial charge on any atom is 0.00791 e. The first-order chi connectivity index (χ1) is 6.86. The smallest absolute Gasteiger partial charge is 0.00791 e. The monoisotopic (exact) mass is 198 g/mol. The van der Waals surface area contributed by atoms with E-state index in [2.05, 4.69) is 17.6 Å². The Bertz CT molecular complexity index is 130. The van der Waals surface area contributed by atoms with Crippen molar-refractivity contribution in [1.29, 1.82) is 0 Å². The molecule has 1 atom stereocenters. The molecule has 1 aliphatic carbocycles. The zero-order valence-corrected chi connectivity index (χ0v) is 9.81. The largest absolute Gasteiger partial charge is 0.320 e. The summed E-state index contributed by atoms with van der Waals surface area (Å²) in [5.74, 6) is 0. The molecule has 2 heteroatoms. The number of nitrogens with one attached hydrogen (secondary N) is 2. The van der Waals surface area contributed by atoms with Crippen LogP contribution in [0.2, 0.25) is 0 Å². The molecular weight excluding hydrogens is 172 g/mol. The van der Waals surface area contributed by atoms with Crippen LogP contribution in [0.5, 0.6) is 0 Å². The van der Waals surface area contributed by atoms with Gasteiger partial charge in [-0.1, -0.05) is 26.2 Å². The first-order valence-electron chi connectivity index (χ1n) is 6.27. The maximum atomic E-state index is 3.80. The summed E-state index contributed by atoms with van der Waals surface area (Å²) in [5.41, 5.74) is 0. The standard InChI is InChI=1S/C12H26N2/c1-3-11(9-10-13-2)14-12-7-5-4-6-8-12/h11-14H,3-10H2,1-2H3. The molecule has 0 amide bonds. The molecule has 2 N–H and O–H groups in total. The Hall–Kier alpha value is -0.0800. The Morgan fingerprint density at radius 1 is 1.21 bits per heavy atom. The summed E-state index contributed by atoms with van der Waals surface area (Å²) in [4.78, 5) is 0. The summed E-state index contributed by atoms with van der Waals surface area (Å²) in [7, 11) is 2.04. The molecular formula is C12H26N2. The van der Waals surface area contributed by atoms with Crippen LogP contribution in [0, 0.1) is 0 Å². The lowest BCUT2D eigenvalue weighted by atomic mass is 9.94. The van der Waals surface area contributed by atoms with Crippen LogP contribution in [0.3, 0.4) is 0 Å². The van der Waals surface area contributed by atoms with E-state index in [1.165, 1.54) is 44.9 Å². The maximum absolute atomic E-state index is 3.80. The summed E-state index contributed by atoms with van der Waals surface area (Å²) in [6.07, 6.45) is 9.64. The first-order valence-corrected chi connectivity index (χ1v) is 6.27. The molecule has 0 spiro atoms. The van der Waals surface area contributed by atoms with Gasteiger partial charge >= 0.3 is 0 Å². The van der Waals surface area contributed by atoms with Gasteiger partial charge in [-0.3, -0.25) is 0 Å². The van der Waals surface area contributed by atoms with Crippen LogP contribution in [0.4, 0.5) is 0 Å². The fourth-order valence-corrected chi connectivity index (χ4v) is 2.33. The fourth-order valence-electron chi connectivity index (χ4n) is 2.33. The minimum absolute atomic E-state index is 0.727. The second-order valence-corrected chi connectivity index (χ2v) is 4.50. The molecule has 1 aliphatic rings. The van der Waals surface area contributed by atoms with E-state index in [4.69, 9.17) is 0 Å². The van der Waals surface area contributed by atoms with Gasteiger partial charge in [0.1, 0.15) is 0 Å². The molecule has 1 saturated carbocycles. The van der Waals surface area contributed by atoms with E-state index in [1.54, 1.807) is 0 Å². The van der Waals surface area contributed by atoms with Gasteiger partial charge in [0.25, 0.3) is 0 Å². The zero-order valence-electron chi connectivity index (χ0n) is 9.81. The van der Waals surface area contributed by atoms with Crippen molar-refractivity contribution in [3.8, 4) is 0 Å². The van der Waals surface area contributed by atoms with Gasteiger partial charge in [-0.25, -0.2) is 0 Å². The quantitative estimate of drug-likeness (QED) is 0.684. The molecule has 0 bridgehead atoms. The molecule has 0 aromatic heterocycles. The van der Waals surface area contributed by atoms with Crippen LogP contribution in [0.25, 0.3) is 0 Å². The zero-order chi connectivity index (χ0) is 10.2. The van der Waals surface area contributed by atoms with Crippen LogP contribution in [0.1, 0.15) is 51.9 Å². The van der Waals surface area contributed by atoms with E-state index in [9.17, 15) is 0 Å². The van der Waals surface area contributed by atoms with Gasteiger partial charge in [0, 0.05) is 12.1 Å². The topological polar surface area (TPSA) is 24.1 Å². The van der Waals surface area contributed by atoms with Crippen LogP contribution >= 0.6 is 0 Å². The van der Waals surface area contributed by atoms with Crippen LogP contribution in [-0.4, -0.2) is 25.7 Å². The van der Waals surface area contributed by atoms with Crippen molar-refractivity contribution in [2.75, 3.05) is 13.6 Å². The number of hydrogen-bond acceptors (Lipinski definition) is 2. The van der Waals surface area contributed by atoms with Gasteiger partial charge in [0.15, 0.2) is 0 Å². The van der Waals surface area contributed by atoms with Gasteiger partial charge < -0.3 is 10.6 Å². The summed E-state index contributed by atoms with van der Waals surface area (Å²) >= 11 is 0. The Balaban J connectivity index is 2.16. The third-order valence-electron chi connectivity index (χ3n) is 3.31. The molecule has 0 aromatic rings. The van der Waals surface area contributed by atoms with Gasteiger partial charge in [0.2, 0.25) is 0 Å². The second kappa shape index (κ2) is 7.24. The lowest BCUT2D eigenvalue weighted by Gasteiger charge is -2.28. The van der Waals surface area contributed by atoms with E-state index in [0.717, 1.165) is 18.6 Å². The van der Waals surface area contributed by atoms with E-state index in [1.807, 2.05) is 7.05 Å². The van der Waals surface area contributed by atoms with Crippen molar-refractivity contribution >= 4 is 0 Å². The molecule has 0 aliphatic heterocycles. The molecule has 1 fully saturated rings. The Morgan fingerprint density at radius 3 is 2.50 bits per heavy atom. The van der Waals surface area contributed by atoms with E-state index in [-0.39, 0.29) is 0 Å².